The van der Waals surface area contributed by atoms with Crippen LogP contribution in [0.2, 0.25) is 0 Å². The first kappa shape index (κ1) is 14.4. The van der Waals surface area contributed by atoms with Crippen LogP contribution in [0, 0.1) is 5.92 Å². The minimum Gasteiger partial charge on any atom is -0.393 e. The summed E-state index contributed by atoms with van der Waals surface area (Å²) in [7, 11) is 0. The summed E-state index contributed by atoms with van der Waals surface area (Å²) in [4.78, 5) is 18.7. The smallest absolute Gasteiger partial charge is 0.257 e. The highest BCUT2D eigenvalue weighted by molar-refractivity contribution is 7.80. The van der Waals surface area contributed by atoms with E-state index in [1.54, 1.807) is 34.2 Å². The number of thiocarbonyl (C=S) groups is 1. The van der Waals surface area contributed by atoms with Gasteiger partial charge in [-0.3, -0.25) is 9.78 Å². The first-order valence-corrected chi connectivity index (χ1v) is 6.81. The van der Waals surface area contributed by atoms with Gasteiger partial charge in [0.2, 0.25) is 0 Å². The quantitative estimate of drug-likeness (QED) is 0.835. The van der Waals surface area contributed by atoms with Gasteiger partial charge in [0, 0.05) is 31.4 Å². The summed E-state index contributed by atoms with van der Waals surface area (Å²) in [5, 5.41) is 4.15. The molecule has 1 atom stereocenters. The average molecular weight is 291 g/mol. The first-order chi connectivity index (χ1) is 9.54. The molecule has 0 aliphatic carbocycles. The zero-order valence-corrected chi connectivity index (χ0v) is 12.3. The van der Waals surface area contributed by atoms with Crippen molar-refractivity contribution in [2.75, 3.05) is 13.1 Å². The molecule has 2 N–H and O–H groups in total. The number of carbonyl (C=O) groups excluding carboxylic acids is 1. The van der Waals surface area contributed by atoms with Crippen molar-refractivity contribution < 1.29 is 4.79 Å². The molecule has 2 aromatic rings. The van der Waals surface area contributed by atoms with Gasteiger partial charge in [0.1, 0.15) is 0 Å². The van der Waals surface area contributed by atoms with Crippen LogP contribution in [0.4, 0.5) is 0 Å². The summed E-state index contributed by atoms with van der Waals surface area (Å²) in [6, 6.07) is 0. The maximum absolute atomic E-state index is 12.6. The van der Waals surface area contributed by atoms with E-state index in [9.17, 15) is 4.79 Å². The number of rotatable bonds is 5. The molecule has 6 nitrogen and oxygen atoms in total. The van der Waals surface area contributed by atoms with Crippen molar-refractivity contribution in [3.8, 4) is 0 Å². The van der Waals surface area contributed by atoms with Crippen LogP contribution < -0.4 is 5.73 Å². The van der Waals surface area contributed by atoms with Gasteiger partial charge in [0.25, 0.3) is 5.91 Å². The third-order valence-corrected chi connectivity index (χ3v) is 3.61. The van der Waals surface area contributed by atoms with E-state index >= 15 is 0 Å². The van der Waals surface area contributed by atoms with Crippen molar-refractivity contribution >= 4 is 28.6 Å². The highest BCUT2D eigenvalue weighted by atomic mass is 32.1. The summed E-state index contributed by atoms with van der Waals surface area (Å²) in [6.45, 7) is 4.93. The molecule has 0 spiro atoms. The van der Waals surface area contributed by atoms with Crippen LogP contribution in [0.25, 0.3) is 5.52 Å². The standard InChI is InChI=1S/C13H17N5OS/c1-3-17(8-9(2)12(14)20)13(19)10-6-16-18-5-4-15-7-11(10)18/h4-7,9H,3,8H2,1-2H3,(H2,14,20). The normalized spacial score (nSPS) is 12.3. The highest BCUT2D eigenvalue weighted by Crippen LogP contribution is 2.13. The van der Waals surface area contributed by atoms with Crippen molar-refractivity contribution in [1.29, 1.82) is 0 Å². The van der Waals surface area contributed by atoms with Crippen LogP contribution in [0.1, 0.15) is 24.2 Å². The molecule has 0 aliphatic heterocycles. The van der Waals surface area contributed by atoms with Gasteiger partial charge in [-0.05, 0) is 6.92 Å². The van der Waals surface area contributed by atoms with Crippen molar-refractivity contribution in [2.45, 2.75) is 13.8 Å². The van der Waals surface area contributed by atoms with Crippen LogP contribution in [-0.2, 0) is 0 Å². The molecule has 1 amide bonds. The maximum Gasteiger partial charge on any atom is 0.257 e. The number of hydrogen-bond donors (Lipinski definition) is 1. The topological polar surface area (TPSA) is 76.5 Å². The van der Waals surface area contributed by atoms with Gasteiger partial charge >= 0.3 is 0 Å². The van der Waals surface area contributed by atoms with E-state index in [0.29, 0.717) is 29.2 Å². The molecule has 1 unspecified atom stereocenters. The largest absolute Gasteiger partial charge is 0.393 e. The molecule has 0 aliphatic rings. The Labute approximate surface area is 122 Å². The Kier molecular flexibility index (Phi) is 4.29. The molecule has 0 saturated carbocycles. The second kappa shape index (κ2) is 5.96. The average Bonchev–Trinajstić information content (AvgIpc) is 2.87. The van der Waals surface area contributed by atoms with Gasteiger partial charge in [0.15, 0.2) is 0 Å². The Morgan fingerprint density at radius 1 is 1.55 bits per heavy atom. The molecule has 20 heavy (non-hydrogen) atoms. The van der Waals surface area contributed by atoms with Gasteiger partial charge in [0.05, 0.1) is 28.5 Å². The Hall–Kier alpha value is -2.02. The Bertz CT molecular complexity index is 638. The summed E-state index contributed by atoms with van der Waals surface area (Å²) in [5.74, 6) is -0.104. The van der Waals surface area contributed by atoms with Crippen molar-refractivity contribution in [1.82, 2.24) is 19.5 Å². The molecule has 7 heteroatoms. The molecule has 2 rings (SSSR count). The van der Waals surface area contributed by atoms with E-state index in [2.05, 4.69) is 10.1 Å². The Balaban J connectivity index is 2.26. The van der Waals surface area contributed by atoms with Crippen LogP contribution in [0.3, 0.4) is 0 Å². The summed E-state index contributed by atoms with van der Waals surface area (Å²) < 4.78 is 1.63. The fourth-order valence-corrected chi connectivity index (χ4v) is 2.02. The molecule has 0 fully saturated rings. The molecule has 2 heterocycles. The van der Waals surface area contributed by atoms with Gasteiger partial charge < -0.3 is 10.6 Å². The minimum atomic E-state index is -0.0846. The van der Waals surface area contributed by atoms with E-state index in [1.807, 2.05) is 13.8 Å². The number of carbonyl (C=O) groups is 1. The van der Waals surface area contributed by atoms with Crippen molar-refractivity contribution in [3.05, 3.63) is 30.4 Å². The second-order valence-corrected chi connectivity index (χ2v) is 5.08. The summed E-state index contributed by atoms with van der Waals surface area (Å²) in [6.07, 6.45) is 6.53. The predicted octanol–water partition coefficient (Wildman–Crippen LogP) is 1.11. The molecule has 0 saturated heterocycles. The number of fused-ring (bicyclic) bond motifs is 1. The zero-order chi connectivity index (χ0) is 14.7. The zero-order valence-electron chi connectivity index (χ0n) is 11.5. The lowest BCUT2D eigenvalue weighted by Gasteiger charge is -2.23. The number of aromatic nitrogens is 3. The monoisotopic (exact) mass is 291 g/mol. The Morgan fingerprint density at radius 3 is 2.95 bits per heavy atom. The lowest BCUT2D eigenvalue weighted by molar-refractivity contribution is 0.0757. The van der Waals surface area contributed by atoms with E-state index in [4.69, 9.17) is 18.0 Å². The SMILES string of the molecule is CCN(CC(C)C(N)=S)C(=O)c1cnn2ccncc12. The third kappa shape index (κ3) is 2.77. The first-order valence-electron chi connectivity index (χ1n) is 6.40. The van der Waals surface area contributed by atoms with Gasteiger partial charge in [-0.2, -0.15) is 5.10 Å². The van der Waals surface area contributed by atoms with Crippen LogP contribution >= 0.6 is 12.2 Å². The fourth-order valence-electron chi connectivity index (χ4n) is 1.95. The third-order valence-electron chi connectivity index (χ3n) is 3.20. The van der Waals surface area contributed by atoms with E-state index in [-0.39, 0.29) is 11.8 Å². The van der Waals surface area contributed by atoms with Crippen LogP contribution in [0.15, 0.2) is 24.8 Å². The molecule has 2 aromatic heterocycles. The number of nitrogens with zero attached hydrogens (tertiary/aromatic N) is 4. The van der Waals surface area contributed by atoms with Gasteiger partial charge in [-0.15, -0.1) is 0 Å². The molecule has 0 aromatic carbocycles. The number of hydrogen-bond acceptors (Lipinski definition) is 4. The van der Waals surface area contributed by atoms with E-state index < -0.39 is 0 Å². The Morgan fingerprint density at radius 2 is 2.30 bits per heavy atom. The maximum atomic E-state index is 12.6. The molecule has 106 valence electrons. The number of amides is 1. The molecule has 0 bridgehead atoms. The van der Waals surface area contributed by atoms with E-state index in [1.165, 1.54) is 0 Å². The van der Waals surface area contributed by atoms with Crippen LogP contribution in [0.5, 0.6) is 0 Å². The molecular formula is C13H17N5OS. The lowest BCUT2D eigenvalue weighted by atomic mass is 10.1. The summed E-state index contributed by atoms with van der Waals surface area (Å²) in [5.41, 5.74) is 6.85. The van der Waals surface area contributed by atoms with Crippen molar-refractivity contribution in [2.24, 2.45) is 11.7 Å². The van der Waals surface area contributed by atoms with Crippen molar-refractivity contribution in [3.63, 3.8) is 0 Å². The number of nitrogens with two attached hydrogens (primary N) is 1. The van der Waals surface area contributed by atoms with Crippen LogP contribution in [-0.4, -0.2) is 43.5 Å². The molecule has 0 radical (unpaired) electrons. The van der Waals surface area contributed by atoms with Gasteiger partial charge in [-0.25, -0.2) is 4.52 Å². The highest BCUT2D eigenvalue weighted by Gasteiger charge is 2.21. The fraction of sp³-hybridized carbons (Fsp3) is 0.385. The minimum absolute atomic E-state index is 0.0196. The predicted molar refractivity (Wildman–Crippen MR) is 80.5 cm³/mol. The van der Waals surface area contributed by atoms with Gasteiger partial charge in [-0.1, -0.05) is 19.1 Å². The van der Waals surface area contributed by atoms with E-state index in [0.717, 1.165) is 0 Å². The summed E-state index contributed by atoms with van der Waals surface area (Å²) >= 11 is 4.96. The lowest BCUT2D eigenvalue weighted by Crippen LogP contribution is -2.38. The second-order valence-electron chi connectivity index (χ2n) is 4.61. The molecular weight excluding hydrogens is 274 g/mol.